The maximum atomic E-state index is 11.3. The normalized spacial score (nSPS) is 23.3. The number of halogens is 1. The van der Waals surface area contributed by atoms with Gasteiger partial charge in [0.2, 0.25) is 0 Å². The fourth-order valence-electron chi connectivity index (χ4n) is 1.55. The summed E-state index contributed by atoms with van der Waals surface area (Å²) in [5.74, 6) is -0.181. The number of ether oxygens (including phenoxy) is 1. The molecular formula is C10H13BrO2. The van der Waals surface area contributed by atoms with Crippen molar-refractivity contribution in [3.8, 4) is 0 Å². The zero-order valence-electron chi connectivity index (χ0n) is 7.89. The second-order valence-electron chi connectivity index (χ2n) is 3.33. The molecule has 13 heavy (non-hydrogen) atoms. The average Bonchev–Trinajstić information content (AvgIpc) is 2.12. The van der Waals surface area contributed by atoms with Crippen molar-refractivity contribution in [3.63, 3.8) is 0 Å². The monoisotopic (exact) mass is 244 g/mol. The van der Waals surface area contributed by atoms with Crippen LogP contribution in [0.5, 0.6) is 0 Å². The van der Waals surface area contributed by atoms with E-state index < -0.39 is 0 Å². The maximum Gasteiger partial charge on any atom is 0.309 e. The molecular weight excluding hydrogens is 232 g/mol. The maximum absolute atomic E-state index is 11.3. The molecule has 0 N–H and O–H groups in total. The Labute approximate surface area is 86.8 Å². The first-order valence-corrected chi connectivity index (χ1v) is 4.96. The number of hydrogen-bond acceptors (Lipinski definition) is 2. The van der Waals surface area contributed by atoms with Crippen LogP contribution in [0.4, 0.5) is 0 Å². The third-order valence-corrected chi connectivity index (χ3v) is 3.50. The molecule has 1 atom stereocenters. The summed E-state index contributed by atoms with van der Waals surface area (Å²) >= 11 is 3.45. The Bertz CT molecular complexity index is 279. The number of hydrogen-bond donors (Lipinski definition) is 0. The third kappa shape index (κ3) is 2.21. The van der Waals surface area contributed by atoms with Crippen molar-refractivity contribution in [2.75, 3.05) is 7.11 Å². The smallest absolute Gasteiger partial charge is 0.309 e. The molecule has 1 aliphatic carbocycles. The van der Waals surface area contributed by atoms with Crippen LogP contribution in [-0.2, 0) is 9.53 Å². The first-order chi connectivity index (χ1) is 6.06. The number of rotatable bonds is 1. The van der Waals surface area contributed by atoms with E-state index in [0.29, 0.717) is 6.42 Å². The number of methoxy groups -OCH3 is 1. The first kappa shape index (κ1) is 10.5. The van der Waals surface area contributed by atoms with Crippen LogP contribution in [0.3, 0.4) is 0 Å². The van der Waals surface area contributed by atoms with Gasteiger partial charge in [0, 0.05) is 4.48 Å². The van der Waals surface area contributed by atoms with Crippen LogP contribution in [0.15, 0.2) is 22.2 Å². The molecule has 0 bridgehead atoms. The largest absolute Gasteiger partial charge is 0.469 e. The number of carbonyl (C=O) groups excluding carboxylic acids is 1. The van der Waals surface area contributed by atoms with Crippen LogP contribution in [0.1, 0.15) is 19.8 Å². The van der Waals surface area contributed by atoms with E-state index in [9.17, 15) is 4.79 Å². The van der Waals surface area contributed by atoms with E-state index in [-0.39, 0.29) is 11.9 Å². The van der Waals surface area contributed by atoms with Gasteiger partial charge < -0.3 is 4.74 Å². The van der Waals surface area contributed by atoms with Crippen LogP contribution in [0.2, 0.25) is 0 Å². The first-order valence-electron chi connectivity index (χ1n) is 4.17. The van der Waals surface area contributed by atoms with Crippen molar-refractivity contribution in [2.24, 2.45) is 5.92 Å². The van der Waals surface area contributed by atoms with Gasteiger partial charge in [0.25, 0.3) is 0 Å². The van der Waals surface area contributed by atoms with Gasteiger partial charge in [0.05, 0.1) is 13.0 Å². The predicted octanol–water partition coefficient (Wildman–Crippen LogP) is 2.79. The van der Waals surface area contributed by atoms with Crippen molar-refractivity contribution >= 4 is 21.9 Å². The lowest BCUT2D eigenvalue weighted by atomic mass is 9.87. The molecule has 1 rings (SSSR count). The number of carbonyl (C=O) groups is 1. The lowest BCUT2D eigenvalue weighted by molar-refractivity contribution is -0.145. The van der Waals surface area contributed by atoms with Crippen molar-refractivity contribution in [1.29, 1.82) is 0 Å². The van der Waals surface area contributed by atoms with Gasteiger partial charge in [-0.25, -0.2) is 0 Å². The van der Waals surface area contributed by atoms with E-state index in [1.807, 2.05) is 6.92 Å². The van der Waals surface area contributed by atoms with Crippen LogP contribution in [0, 0.1) is 5.92 Å². The standard InChI is InChI=1S/C10H13BrO2/c1-6-4-8(10(12)13-3)5-7(2)9(6)11/h8H,1,4-5H2,2-3H3. The van der Waals surface area contributed by atoms with Crippen LogP contribution in [0.25, 0.3) is 0 Å². The van der Waals surface area contributed by atoms with E-state index in [0.717, 1.165) is 16.5 Å². The highest BCUT2D eigenvalue weighted by atomic mass is 79.9. The van der Waals surface area contributed by atoms with Crippen LogP contribution >= 0.6 is 15.9 Å². The SMILES string of the molecule is C=C1CC(C(=O)OC)CC(C)=C1Br. The Hall–Kier alpha value is -0.570. The highest BCUT2D eigenvalue weighted by Gasteiger charge is 2.26. The summed E-state index contributed by atoms with van der Waals surface area (Å²) in [7, 11) is 1.42. The molecule has 0 radical (unpaired) electrons. The lowest BCUT2D eigenvalue weighted by Gasteiger charge is -2.22. The summed E-state index contributed by atoms with van der Waals surface area (Å²) in [6.45, 7) is 5.90. The van der Waals surface area contributed by atoms with Crippen molar-refractivity contribution in [2.45, 2.75) is 19.8 Å². The molecule has 72 valence electrons. The minimum Gasteiger partial charge on any atom is -0.469 e. The Morgan fingerprint density at radius 2 is 2.23 bits per heavy atom. The molecule has 0 fully saturated rings. The molecule has 1 unspecified atom stereocenters. The fraction of sp³-hybridized carbons (Fsp3) is 0.500. The minimum absolute atomic E-state index is 0.0428. The van der Waals surface area contributed by atoms with E-state index in [4.69, 9.17) is 4.74 Å². The molecule has 0 saturated carbocycles. The predicted molar refractivity (Wildman–Crippen MR) is 55.5 cm³/mol. The summed E-state index contributed by atoms with van der Waals surface area (Å²) in [6.07, 6.45) is 1.47. The molecule has 3 heteroatoms. The van der Waals surface area contributed by atoms with Gasteiger partial charge >= 0.3 is 5.97 Å². The molecule has 1 aliphatic rings. The van der Waals surface area contributed by atoms with Crippen LogP contribution in [-0.4, -0.2) is 13.1 Å². The van der Waals surface area contributed by atoms with E-state index in [1.165, 1.54) is 12.7 Å². The Balaban J connectivity index is 2.79. The van der Waals surface area contributed by atoms with Gasteiger partial charge in [-0.3, -0.25) is 4.79 Å². The van der Waals surface area contributed by atoms with E-state index >= 15 is 0 Å². The number of allylic oxidation sites excluding steroid dienone is 3. The quantitative estimate of drug-likeness (QED) is 0.664. The van der Waals surface area contributed by atoms with Gasteiger partial charge in [-0.15, -0.1) is 0 Å². The molecule has 0 aromatic rings. The molecule has 2 nitrogen and oxygen atoms in total. The third-order valence-electron chi connectivity index (χ3n) is 2.27. The highest BCUT2D eigenvalue weighted by molar-refractivity contribution is 9.12. The second-order valence-corrected chi connectivity index (χ2v) is 4.12. The Morgan fingerprint density at radius 3 is 2.69 bits per heavy atom. The molecule has 0 aromatic carbocycles. The average molecular weight is 245 g/mol. The van der Waals surface area contributed by atoms with Gasteiger partial charge in [-0.2, -0.15) is 0 Å². The molecule has 0 saturated heterocycles. The zero-order valence-corrected chi connectivity index (χ0v) is 9.48. The van der Waals surface area contributed by atoms with Gasteiger partial charge in [0.1, 0.15) is 0 Å². The Kier molecular flexibility index (Phi) is 3.31. The van der Waals surface area contributed by atoms with Crippen LogP contribution < -0.4 is 0 Å². The number of esters is 1. The van der Waals surface area contributed by atoms with Crippen molar-refractivity contribution in [1.82, 2.24) is 0 Å². The van der Waals surface area contributed by atoms with E-state index in [2.05, 4.69) is 22.5 Å². The lowest BCUT2D eigenvalue weighted by Crippen LogP contribution is -2.20. The van der Waals surface area contributed by atoms with E-state index in [1.54, 1.807) is 0 Å². The van der Waals surface area contributed by atoms with Gasteiger partial charge in [-0.05, 0) is 25.3 Å². The zero-order chi connectivity index (χ0) is 10.0. The molecule has 0 aromatic heterocycles. The van der Waals surface area contributed by atoms with Gasteiger partial charge in [0.15, 0.2) is 0 Å². The molecule has 0 heterocycles. The fourth-order valence-corrected chi connectivity index (χ4v) is 1.88. The molecule has 0 amide bonds. The summed E-state index contributed by atoms with van der Waals surface area (Å²) in [5, 5.41) is 0. The van der Waals surface area contributed by atoms with Crippen molar-refractivity contribution in [3.05, 3.63) is 22.2 Å². The molecule has 0 spiro atoms. The highest BCUT2D eigenvalue weighted by Crippen LogP contribution is 2.36. The molecule has 0 aliphatic heterocycles. The van der Waals surface area contributed by atoms with Crippen molar-refractivity contribution < 1.29 is 9.53 Å². The summed E-state index contributed by atoms with van der Waals surface area (Å²) in [6, 6.07) is 0. The van der Waals surface area contributed by atoms with Gasteiger partial charge in [-0.1, -0.05) is 28.1 Å². The Morgan fingerprint density at radius 1 is 1.62 bits per heavy atom. The summed E-state index contributed by atoms with van der Waals surface area (Å²) < 4.78 is 5.77. The topological polar surface area (TPSA) is 26.3 Å². The summed E-state index contributed by atoms with van der Waals surface area (Å²) in [5.41, 5.74) is 2.16. The second kappa shape index (κ2) is 4.09. The summed E-state index contributed by atoms with van der Waals surface area (Å²) in [4.78, 5) is 11.3. The minimum atomic E-state index is -0.138.